The summed E-state index contributed by atoms with van der Waals surface area (Å²) in [7, 11) is 1.97. The monoisotopic (exact) mass is 524 g/mol. The molecule has 0 bridgehead atoms. The van der Waals surface area contributed by atoms with Crippen molar-refractivity contribution in [2.75, 3.05) is 12.4 Å². The molecule has 5 aromatic rings. The number of aliphatic imine (C=N–C) groups is 1. The maximum Gasteiger partial charge on any atom is 0.196 e. The second-order valence-electron chi connectivity index (χ2n) is 9.84. The Bertz CT molecular complexity index is 1550. The zero-order valence-corrected chi connectivity index (χ0v) is 22.4. The summed E-state index contributed by atoms with van der Waals surface area (Å²) >= 11 is 0. The van der Waals surface area contributed by atoms with E-state index in [1.807, 2.05) is 55.6 Å². The van der Waals surface area contributed by atoms with Gasteiger partial charge in [-0.1, -0.05) is 121 Å². The van der Waals surface area contributed by atoms with Gasteiger partial charge < -0.3 is 10.1 Å². The van der Waals surface area contributed by atoms with Crippen LogP contribution in [-0.2, 0) is 5.66 Å². The Morgan fingerprint density at radius 3 is 1.93 bits per heavy atom. The molecule has 0 amide bonds. The molecule has 5 aromatic carbocycles. The third-order valence-electron chi connectivity index (χ3n) is 7.52. The molecule has 0 fully saturated rings. The standard InChI is InChI=1S/C35H32N4O/c1-36-33(27-11-5-3-6-12-27)39-35(37-2,29-13-7-4-8-14-29)30-23-21-26(22-24-30)25-17-19-28(20-18-25)34-38-31-15-9-10-16-32(31)40-34/h3-24,33-34,37-39H,1H2,2H3. The Morgan fingerprint density at radius 2 is 1.30 bits per heavy atom. The lowest BCUT2D eigenvalue weighted by molar-refractivity contribution is 0.260. The summed E-state index contributed by atoms with van der Waals surface area (Å²) < 4.78 is 6.08. The van der Waals surface area contributed by atoms with Crippen LogP contribution in [0.1, 0.15) is 34.6 Å². The van der Waals surface area contributed by atoms with E-state index in [0.29, 0.717) is 0 Å². The highest BCUT2D eigenvalue weighted by Crippen LogP contribution is 2.38. The van der Waals surface area contributed by atoms with E-state index < -0.39 is 5.66 Å². The molecular weight excluding hydrogens is 492 g/mol. The molecule has 0 saturated carbocycles. The van der Waals surface area contributed by atoms with E-state index in [2.05, 4.69) is 113 Å². The Balaban J connectivity index is 1.28. The summed E-state index contributed by atoms with van der Waals surface area (Å²) in [5.74, 6) is 0.883. The first-order valence-corrected chi connectivity index (χ1v) is 13.5. The van der Waals surface area contributed by atoms with Crippen molar-refractivity contribution in [1.29, 1.82) is 0 Å². The lowest BCUT2D eigenvalue weighted by Crippen LogP contribution is -2.54. The van der Waals surface area contributed by atoms with Crippen LogP contribution in [0.5, 0.6) is 5.75 Å². The SMILES string of the molecule is C=NC(NC(NC)(c1ccccc1)c1ccc(-c2ccc(C3Nc4ccccc4O3)cc2)cc1)c1ccccc1. The molecular formula is C35H32N4O. The predicted octanol–water partition coefficient (Wildman–Crippen LogP) is 7.27. The summed E-state index contributed by atoms with van der Waals surface area (Å²) in [6.45, 7) is 3.89. The number of hydrogen-bond acceptors (Lipinski definition) is 5. The molecule has 3 unspecified atom stereocenters. The quantitative estimate of drug-likeness (QED) is 0.140. The van der Waals surface area contributed by atoms with Crippen molar-refractivity contribution in [2.24, 2.45) is 4.99 Å². The number of benzene rings is 5. The van der Waals surface area contributed by atoms with Crippen LogP contribution in [0, 0.1) is 0 Å². The van der Waals surface area contributed by atoms with Gasteiger partial charge in [-0.2, -0.15) is 0 Å². The molecule has 3 N–H and O–H groups in total. The molecule has 1 heterocycles. The second kappa shape index (κ2) is 11.2. The summed E-state index contributed by atoms with van der Waals surface area (Å²) in [6.07, 6.45) is -0.489. The molecule has 0 aromatic heterocycles. The first-order valence-electron chi connectivity index (χ1n) is 13.5. The molecule has 5 nitrogen and oxygen atoms in total. The van der Waals surface area contributed by atoms with E-state index in [9.17, 15) is 0 Å². The number of anilines is 1. The maximum absolute atomic E-state index is 6.08. The summed E-state index contributed by atoms with van der Waals surface area (Å²) in [6, 6.07) is 45.8. The van der Waals surface area contributed by atoms with Crippen molar-refractivity contribution < 1.29 is 4.74 Å². The maximum atomic E-state index is 6.08. The number of fused-ring (bicyclic) bond motifs is 1. The third-order valence-corrected chi connectivity index (χ3v) is 7.52. The van der Waals surface area contributed by atoms with Gasteiger partial charge in [0.15, 0.2) is 6.23 Å². The van der Waals surface area contributed by atoms with Gasteiger partial charge in [0.05, 0.1) is 5.69 Å². The lowest BCUT2D eigenvalue weighted by Gasteiger charge is -2.38. The second-order valence-corrected chi connectivity index (χ2v) is 9.84. The van der Waals surface area contributed by atoms with Gasteiger partial charge >= 0.3 is 0 Å². The third kappa shape index (κ3) is 4.89. The van der Waals surface area contributed by atoms with E-state index in [1.165, 1.54) is 0 Å². The Labute approximate surface area is 235 Å². The predicted molar refractivity (Wildman–Crippen MR) is 163 cm³/mol. The molecule has 0 saturated heterocycles. The number of rotatable bonds is 9. The largest absolute Gasteiger partial charge is 0.464 e. The van der Waals surface area contributed by atoms with Crippen molar-refractivity contribution in [1.82, 2.24) is 10.6 Å². The van der Waals surface area contributed by atoms with Crippen LogP contribution in [-0.4, -0.2) is 13.8 Å². The van der Waals surface area contributed by atoms with Crippen LogP contribution in [0.3, 0.4) is 0 Å². The highest BCUT2D eigenvalue weighted by atomic mass is 16.5. The van der Waals surface area contributed by atoms with Crippen molar-refractivity contribution in [3.05, 3.63) is 156 Å². The fraction of sp³-hybridized carbons (Fsp3) is 0.114. The minimum atomic E-state index is -0.689. The first-order chi connectivity index (χ1) is 19.7. The molecule has 6 rings (SSSR count). The van der Waals surface area contributed by atoms with Gasteiger partial charge in [-0.25, -0.2) is 0 Å². The van der Waals surface area contributed by atoms with Crippen LogP contribution in [0.15, 0.2) is 138 Å². The van der Waals surface area contributed by atoms with Gasteiger partial charge in [-0.15, -0.1) is 0 Å². The van der Waals surface area contributed by atoms with Gasteiger partial charge in [-0.3, -0.25) is 15.6 Å². The smallest absolute Gasteiger partial charge is 0.196 e. The minimum absolute atomic E-state index is 0.182. The zero-order valence-electron chi connectivity index (χ0n) is 22.4. The molecule has 0 aliphatic carbocycles. The lowest BCUT2D eigenvalue weighted by atomic mass is 9.89. The summed E-state index contributed by atoms with van der Waals surface area (Å²) in [4.78, 5) is 4.44. The first kappa shape index (κ1) is 25.6. The van der Waals surface area contributed by atoms with Gasteiger partial charge in [0, 0.05) is 5.56 Å². The Kier molecular flexibility index (Phi) is 7.15. The van der Waals surface area contributed by atoms with Gasteiger partial charge in [0.2, 0.25) is 0 Å². The molecule has 40 heavy (non-hydrogen) atoms. The van der Waals surface area contributed by atoms with E-state index >= 15 is 0 Å². The average Bonchev–Trinajstić information content (AvgIpc) is 3.48. The Morgan fingerprint density at radius 1 is 0.725 bits per heavy atom. The van der Waals surface area contributed by atoms with Gasteiger partial charge in [-0.05, 0) is 53.7 Å². The van der Waals surface area contributed by atoms with E-state index in [0.717, 1.165) is 44.8 Å². The van der Waals surface area contributed by atoms with Crippen molar-refractivity contribution in [3.8, 4) is 16.9 Å². The van der Waals surface area contributed by atoms with Crippen LogP contribution in [0.2, 0.25) is 0 Å². The molecule has 198 valence electrons. The highest BCUT2D eigenvalue weighted by Gasteiger charge is 2.35. The molecule has 0 radical (unpaired) electrons. The fourth-order valence-corrected chi connectivity index (χ4v) is 5.36. The molecule has 0 spiro atoms. The van der Waals surface area contributed by atoms with Gasteiger partial charge in [0.1, 0.15) is 17.6 Å². The van der Waals surface area contributed by atoms with Crippen molar-refractivity contribution in [2.45, 2.75) is 18.1 Å². The molecule has 5 heteroatoms. The zero-order chi connectivity index (χ0) is 27.4. The van der Waals surface area contributed by atoms with Gasteiger partial charge in [0.25, 0.3) is 0 Å². The molecule has 1 aliphatic rings. The van der Waals surface area contributed by atoms with Crippen LogP contribution < -0.4 is 20.7 Å². The van der Waals surface area contributed by atoms with Crippen LogP contribution in [0.25, 0.3) is 11.1 Å². The summed E-state index contributed by atoms with van der Waals surface area (Å²) in [5, 5.41) is 10.8. The van der Waals surface area contributed by atoms with E-state index in [4.69, 9.17) is 4.74 Å². The number of ether oxygens (including phenoxy) is 1. The van der Waals surface area contributed by atoms with Crippen LogP contribution in [0.4, 0.5) is 5.69 Å². The highest BCUT2D eigenvalue weighted by molar-refractivity contribution is 5.66. The van der Waals surface area contributed by atoms with E-state index in [1.54, 1.807) is 0 Å². The number of nitrogens with one attached hydrogen (secondary N) is 3. The average molecular weight is 525 g/mol. The van der Waals surface area contributed by atoms with Crippen LogP contribution >= 0.6 is 0 Å². The Hall–Kier alpha value is -4.71. The van der Waals surface area contributed by atoms with Crippen molar-refractivity contribution in [3.63, 3.8) is 0 Å². The summed E-state index contributed by atoms with van der Waals surface area (Å²) in [5.41, 5.74) is 6.91. The number of para-hydroxylation sites is 2. The number of hydrogen-bond donors (Lipinski definition) is 3. The normalized spacial score (nSPS) is 16.2. The number of nitrogens with zero attached hydrogens (tertiary/aromatic N) is 1. The van der Waals surface area contributed by atoms with Crippen molar-refractivity contribution >= 4 is 12.4 Å². The molecule has 1 aliphatic heterocycles. The topological polar surface area (TPSA) is 57.7 Å². The van der Waals surface area contributed by atoms with E-state index in [-0.39, 0.29) is 12.4 Å². The minimum Gasteiger partial charge on any atom is -0.464 e. The molecule has 3 atom stereocenters. The fourth-order valence-electron chi connectivity index (χ4n) is 5.36.